The van der Waals surface area contributed by atoms with E-state index in [0.717, 1.165) is 5.56 Å². The van der Waals surface area contributed by atoms with Crippen molar-refractivity contribution in [2.75, 3.05) is 6.54 Å². The molecule has 0 aliphatic heterocycles. The minimum Gasteiger partial charge on any atom is -0.335 e. The Morgan fingerprint density at radius 3 is 2.89 bits per heavy atom. The van der Waals surface area contributed by atoms with Crippen LogP contribution in [0.2, 0.25) is 0 Å². The molecule has 3 aromatic heterocycles. The van der Waals surface area contributed by atoms with E-state index in [2.05, 4.69) is 20.1 Å². The van der Waals surface area contributed by atoms with Crippen molar-refractivity contribution in [3.05, 3.63) is 37.1 Å². The Hall–Kier alpha value is -2.54. The Balaban J connectivity index is 1.88. The van der Waals surface area contributed by atoms with E-state index >= 15 is 0 Å². The molecule has 0 unspecified atom stereocenters. The molecule has 0 bridgehead atoms. The second-order valence-electron chi connectivity index (χ2n) is 3.94. The molecule has 0 spiro atoms. The van der Waals surface area contributed by atoms with Crippen LogP contribution in [0.3, 0.4) is 0 Å². The first kappa shape index (κ1) is 11.5. The summed E-state index contributed by atoms with van der Waals surface area (Å²) in [7, 11) is 0. The van der Waals surface area contributed by atoms with E-state index in [4.69, 9.17) is 10.3 Å². The van der Waals surface area contributed by atoms with Gasteiger partial charge in [0.05, 0.1) is 6.33 Å². The molecule has 7 heteroatoms. The molecule has 3 rings (SSSR count). The van der Waals surface area contributed by atoms with Gasteiger partial charge in [0.15, 0.2) is 0 Å². The lowest BCUT2D eigenvalue weighted by Crippen LogP contribution is -2.07. The first-order valence-corrected chi connectivity index (χ1v) is 5.83. The summed E-state index contributed by atoms with van der Waals surface area (Å²) in [6, 6.07) is 3.64. The molecule has 0 aromatic carbocycles. The van der Waals surface area contributed by atoms with Crippen LogP contribution in [-0.2, 0) is 6.54 Å². The second kappa shape index (κ2) is 4.99. The van der Waals surface area contributed by atoms with Crippen LogP contribution in [-0.4, -0.2) is 31.2 Å². The maximum Gasteiger partial charge on any atom is 0.278 e. The summed E-state index contributed by atoms with van der Waals surface area (Å²) >= 11 is 0. The molecule has 0 fully saturated rings. The summed E-state index contributed by atoms with van der Waals surface area (Å²) in [6.07, 6.45) is 6.89. The molecule has 2 N–H and O–H groups in total. The van der Waals surface area contributed by atoms with E-state index < -0.39 is 0 Å². The summed E-state index contributed by atoms with van der Waals surface area (Å²) < 4.78 is 7.09. The summed E-state index contributed by atoms with van der Waals surface area (Å²) in [5.41, 5.74) is 6.98. The van der Waals surface area contributed by atoms with E-state index in [1.54, 1.807) is 18.7 Å². The van der Waals surface area contributed by atoms with Gasteiger partial charge >= 0.3 is 0 Å². The fourth-order valence-electron chi connectivity index (χ4n) is 1.69. The zero-order valence-corrected chi connectivity index (χ0v) is 10.1. The first-order valence-electron chi connectivity index (χ1n) is 5.83. The Morgan fingerprint density at radius 2 is 2.11 bits per heavy atom. The van der Waals surface area contributed by atoms with Crippen molar-refractivity contribution in [3.8, 4) is 23.0 Å². The molecule has 0 saturated carbocycles. The highest BCUT2D eigenvalue weighted by Crippen LogP contribution is 2.20. The highest BCUT2D eigenvalue weighted by molar-refractivity contribution is 5.56. The molecule has 0 radical (unpaired) electrons. The topological polar surface area (TPSA) is 95.7 Å². The Labute approximate surface area is 109 Å². The molecule has 0 saturated heterocycles. The van der Waals surface area contributed by atoms with Gasteiger partial charge in [-0.25, -0.2) is 4.98 Å². The lowest BCUT2D eigenvalue weighted by atomic mass is 10.2. The Kier molecular flexibility index (Phi) is 3.03. The van der Waals surface area contributed by atoms with Gasteiger partial charge in [0.25, 0.3) is 5.89 Å². The van der Waals surface area contributed by atoms with E-state index in [0.29, 0.717) is 30.5 Å². The molecular formula is C12H12N6O. The molecule has 7 nitrogen and oxygen atoms in total. The van der Waals surface area contributed by atoms with E-state index in [-0.39, 0.29) is 0 Å². The lowest BCUT2D eigenvalue weighted by Gasteiger charge is -1.94. The molecule has 0 aliphatic rings. The third kappa shape index (κ3) is 2.36. The van der Waals surface area contributed by atoms with Crippen LogP contribution < -0.4 is 5.73 Å². The fraction of sp³-hybridized carbons (Fsp3) is 0.167. The van der Waals surface area contributed by atoms with Gasteiger partial charge in [0, 0.05) is 37.2 Å². The molecule has 19 heavy (non-hydrogen) atoms. The maximum absolute atomic E-state index is 5.48. The number of rotatable bonds is 4. The Bertz CT molecular complexity index is 660. The normalized spacial score (nSPS) is 10.8. The minimum atomic E-state index is 0.391. The van der Waals surface area contributed by atoms with Crippen LogP contribution in [0.1, 0.15) is 0 Å². The van der Waals surface area contributed by atoms with Crippen molar-refractivity contribution in [3.63, 3.8) is 0 Å². The number of nitrogens with zero attached hydrogens (tertiary/aromatic N) is 5. The van der Waals surface area contributed by atoms with Gasteiger partial charge in [0.2, 0.25) is 5.82 Å². The van der Waals surface area contributed by atoms with Gasteiger partial charge in [-0.2, -0.15) is 4.98 Å². The average Bonchev–Trinajstić information content (AvgIpc) is 3.08. The van der Waals surface area contributed by atoms with E-state index in [1.807, 2.05) is 22.9 Å². The van der Waals surface area contributed by atoms with Gasteiger partial charge in [-0.1, -0.05) is 5.16 Å². The van der Waals surface area contributed by atoms with Gasteiger partial charge in [-0.05, 0) is 12.1 Å². The van der Waals surface area contributed by atoms with Crippen LogP contribution in [0.25, 0.3) is 23.0 Å². The molecule has 3 aromatic rings. The van der Waals surface area contributed by atoms with Crippen molar-refractivity contribution in [2.24, 2.45) is 5.73 Å². The molecule has 3 heterocycles. The number of hydrogen-bond acceptors (Lipinski definition) is 6. The third-order valence-corrected chi connectivity index (χ3v) is 2.60. The zero-order chi connectivity index (χ0) is 13.1. The zero-order valence-electron chi connectivity index (χ0n) is 10.1. The van der Waals surface area contributed by atoms with Crippen LogP contribution >= 0.6 is 0 Å². The van der Waals surface area contributed by atoms with Crippen molar-refractivity contribution < 1.29 is 4.52 Å². The highest BCUT2D eigenvalue weighted by Gasteiger charge is 2.12. The summed E-state index contributed by atoms with van der Waals surface area (Å²) in [6.45, 7) is 1.26. The quantitative estimate of drug-likeness (QED) is 0.746. The van der Waals surface area contributed by atoms with Crippen LogP contribution in [0, 0.1) is 0 Å². The van der Waals surface area contributed by atoms with Crippen molar-refractivity contribution in [2.45, 2.75) is 6.54 Å². The van der Waals surface area contributed by atoms with E-state index in [1.165, 1.54) is 0 Å². The second-order valence-corrected chi connectivity index (χ2v) is 3.94. The summed E-state index contributed by atoms with van der Waals surface area (Å²) in [5.74, 6) is 0.911. The molecular weight excluding hydrogens is 244 g/mol. The number of imidazole rings is 1. The number of pyridine rings is 1. The molecule has 0 atom stereocenters. The van der Waals surface area contributed by atoms with Gasteiger partial charge in [0.1, 0.15) is 5.69 Å². The van der Waals surface area contributed by atoms with Crippen LogP contribution in [0.4, 0.5) is 0 Å². The SMILES string of the molecule is NCCn1cnc(-c2nc(-c3ccncc3)no2)c1. The standard InChI is InChI=1S/C12H12N6O/c13-3-6-18-7-10(15-8-18)12-16-11(17-19-12)9-1-4-14-5-2-9/h1-2,4-5,7-8H,3,6,13H2. The lowest BCUT2D eigenvalue weighted by molar-refractivity contribution is 0.431. The van der Waals surface area contributed by atoms with Crippen molar-refractivity contribution >= 4 is 0 Å². The smallest absolute Gasteiger partial charge is 0.278 e. The number of nitrogens with two attached hydrogens (primary N) is 1. The number of hydrogen-bond donors (Lipinski definition) is 1. The molecule has 96 valence electrons. The average molecular weight is 256 g/mol. The Morgan fingerprint density at radius 1 is 1.26 bits per heavy atom. The molecule has 0 aliphatic carbocycles. The van der Waals surface area contributed by atoms with Crippen molar-refractivity contribution in [1.82, 2.24) is 24.7 Å². The number of aromatic nitrogens is 5. The summed E-state index contributed by atoms with van der Waals surface area (Å²) in [5, 5.41) is 3.93. The van der Waals surface area contributed by atoms with Crippen LogP contribution in [0.15, 0.2) is 41.6 Å². The minimum absolute atomic E-state index is 0.391. The predicted octanol–water partition coefficient (Wildman–Crippen LogP) is 0.954. The largest absolute Gasteiger partial charge is 0.335 e. The first-order chi connectivity index (χ1) is 9.36. The third-order valence-electron chi connectivity index (χ3n) is 2.60. The van der Waals surface area contributed by atoms with Gasteiger partial charge < -0.3 is 14.8 Å². The fourth-order valence-corrected chi connectivity index (χ4v) is 1.69. The summed E-state index contributed by atoms with van der Waals surface area (Å²) in [4.78, 5) is 12.5. The van der Waals surface area contributed by atoms with Crippen molar-refractivity contribution in [1.29, 1.82) is 0 Å². The maximum atomic E-state index is 5.48. The molecule has 0 amide bonds. The predicted molar refractivity (Wildman–Crippen MR) is 67.8 cm³/mol. The monoisotopic (exact) mass is 256 g/mol. The van der Waals surface area contributed by atoms with E-state index in [9.17, 15) is 0 Å². The highest BCUT2D eigenvalue weighted by atomic mass is 16.5. The van der Waals surface area contributed by atoms with Crippen LogP contribution in [0.5, 0.6) is 0 Å². The van der Waals surface area contributed by atoms with Gasteiger partial charge in [-0.3, -0.25) is 4.98 Å². The van der Waals surface area contributed by atoms with Gasteiger partial charge in [-0.15, -0.1) is 0 Å².